The second-order valence-electron chi connectivity index (χ2n) is 6.62. The first-order chi connectivity index (χ1) is 12.6. The largest absolute Gasteiger partial charge is 0.350 e. The molecule has 2 rings (SSSR count). The number of sulfonamides is 1. The van der Waals surface area contributed by atoms with Crippen molar-refractivity contribution in [2.45, 2.75) is 39.8 Å². The van der Waals surface area contributed by atoms with Crippen molar-refractivity contribution in [1.82, 2.24) is 5.32 Å². The second kappa shape index (κ2) is 8.76. The summed E-state index contributed by atoms with van der Waals surface area (Å²) in [5.41, 5.74) is 3.24. The molecule has 0 fully saturated rings. The molecule has 7 heteroatoms. The van der Waals surface area contributed by atoms with E-state index < -0.39 is 16.1 Å². The van der Waals surface area contributed by atoms with Gasteiger partial charge < -0.3 is 5.32 Å². The van der Waals surface area contributed by atoms with Crippen LogP contribution >= 0.6 is 11.6 Å². The minimum absolute atomic E-state index is 0.332. The number of amides is 1. The van der Waals surface area contributed by atoms with Crippen LogP contribution in [0.5, 0.6) is 0 Å². The summed E-state index contributed by atoms with van der Waals surface area (Å²) in [7, 11) is -3.69. The van der Waals surface area contributed by atoms with E-state index in [1.165, 1.54) is 4.31 Å². The van der Waals surface area contributed by atoms with Crippen molar-refractivity contribution in [2.75, 3.05) is 10.6 Å². The molecule has 1 amide bonds. The predicted octanol–water partition coefficient (Wildman–Crippen LogP) is 3.82. The Morgan fingerprint density at radius 2 is 1.78 bits per heavy atom. The average molecular weight is 409 g/mol. The van der Waals surface area contributed by atoms with E-state index in [1.54, 1.807) is 32.0 Å². The zero-order valence-corrected chi connectivity index (χ0v) is 17.6. The van der Waals surface area contributed by atoms with Crippen LogP contribution in [0.15, 0.2) is 42.5 Å². The van der Waals surface area contributed by atoms with E-state index in [-0.39, 0.29) is 5.91 Å². The van der Waals surface area contributed by atoms with Crippen molar-refractivity contribution in [3.8, 4) is 0 Å². The number of rotatable bonds is 7. The number of hydrogen-bond donors (Lipinski definition) is 1. The lowest BCUT2D eigenvalue weighted by atomic mass is 10.1. The SMILES string of the molecule is CCC(C(=O)NCc1ccc(C)cc1)N(c1cc(Cl)ccc1C)S(C)(=O)=O. The molecule has 0 heterocycles. The van der Waals surface area contributed by atoms with Crippen molar-refractivity contribution in [3.63, 3.8) is 0 Å². The number of halogens is 1. The first kappa shape index (κ1) is 21.3. The van der Waals surface area contributed by atoms with E-state index >= 15 is 0 Å². The van der Waals surface area contributed by atoms with Crippen LogP contribution in [0.3, 0.4) is 0 Å². The molecule has 146 valence electrons. The molecule has 0 aliphatic carbocycles. The summed E-state index contributed by atoms with van der Waals surface area (Å²) in [6.45, 7) is 5.91. The van der Waals surface area contributed by atoms with Gasteiger partial charge in [0.25, 0.3) is 0 Å². The van der Waals surface area contributed by atoms with Crippen LogP contribution in [-0.4, -0.2) is 26.6 Å². The number of nitrogens with one attached hydrogen (secondary N) is 1. The fourth-order valence-electron chi connectivity index (χ4n) is 2.87. The Hall–Kier alpha value is -2.05. The van der Waals surface area contributed by atoms with Crippen LogP contribution in [0.1, 0.15) is 30.0 Å². The maximum Gasteiger partial charge on any atom is 0.244 e. The lowest BCUT2D eigenvalue weighted by Crippen LogP contribution is -2.49. The number of benzene rings is 2. The molecular formula is C20H25ClN2O3S. The first-order valence-electron chi connectivity index (χ1n) is 8.72. The normalized spacial score (nSPS) is 12.5. The van der Waals surface area contributed by atoms with Crippen molar-refractivity contribution < 1.29 is 13.2 Å². The summed E-state index contributed by atoms with van der Waals surface area (Å²) in [4.78, 5) is 12.8. The Balaban J connectivity index is 2.30. The highest BCUT2D eigenvalue weighted by Crippen LogP contribution is 2.29. The van der Waals surface area contributed by atoms with Gasteiger partial charge in [-0.1, -0.05) is 54.4 Å². The topological polar surface area (TPSA) is 66.5 Å². The van der Waals surface area contributed by atoms with Crippen LogP contribution in [-0.2, 0) is 21.4 Å². The lowest BCUT2D eigenvalue weighted by molar-refractivity contribution is -0.122. The summed E-state index contributed by atoms with van der Waals surface area (Å²) in [6, 6.07) is 12.0. The first-order valence-corrected chi connectivity index (χ1v) is 10.9. The molecule has 2 aromatic rings. The summed E-state index contributed by atoms with van der Waals surface area (Å²) in [5.74, 6) is -0.345. The number of hydrogen-bond acceptors (Lipinski definition) is 3. The fraction of sp³-hybridized carbons (Fsp3) is 0.350. The number of carbonyl (C=O) groups excluding carboxylic acids is 1. The molecule has 1 unspecified atom stereocenters. The maximum atomic E-state index is 12.8. The standard InChI is InChI=1S/C20H25ClN2O3S/c1-5-18(20(24)22-13-16-9-6-14(2)7-10-16)23(27(4,25)26)19-12-17(21)11-8-15(19)3/h6-12,18H,5,13H2,1-4H3,(H,22,24). The molecule has 0 aliphatic heterocycles. The van der Waals surface area contributed by atoms with Gasteiger partial charge >= 0.3 is 0 Å². The molecule has 5 nitrogen and oxygen atoms in total. The zero-order valence-electron chi connectivity index (χ0n) is 16.0. The van der Waals surface area contributed by atoms with Crippen molar-refractivity contribution >= 4 is 33.2 Å². The lowest BCUT2D eigenvalue weighted by Gasteiger charge is -2.31. The van der Waals surface area contributed by atoms with Crippen molar-refractivity contribution in [1.29, 1.82) is 0 Å². The van der Waals surface area contributed by atoms with Gasteiger partial charge in [-0.05, 0) is 43.5 Å². The molecule has 1 atom stereocenters. The molecule has 0 saturated carbocycles. The van der Waals surface area contributed by atoms with Gasteiger partial charge in [0.15, 0.2) is 0 Å². The summed E-state index contributed by atoms with van der Waals surface area (Å²) in [5, 5.41) is 3.26. The van der Waals surface area contributed by atoms with Crippen LogP contribution in [0.2, 0.25) is 5.02 Å². The molecule has 0 aromatic heterocycles. The number of carbonyl (C=O) groups is 1. The molecule has 0 bridgehead atoms. The van der Waals surface area contributed by atoms with E-state index in [0.717, 1.165) is 22.9 Å². The quantitative estimate of drug-likeness (QED) is 0.757. The Bertz CT molecular complexity index is 911. The minimum Gasteiger partial charge on any atom is -0.350 e. The molecule has 27 heavy (non-hydrogen) atoms. The highest BCUT2D eigenvalue weighted by atomic mass is 35.5. The van der Waals surface area contributed by atoms with Gasteiger partial charge in [0, 0.05) is 11.6 Å². The minimum atomic E-state index is -3.69. The van der Waals surface area contributed by atoms with Gasteiger partial charge in [-0.2, -0.15) is 0 Å². The van der Waals surface area contributed by atoms with Crippen LogP contribution in [0, 0.1) is 13.8 Å². The van der Waals surface area contributed by atoms with Gasteiger partial charge in [-0.3, -0.25) is 9.10 Å². The van der Waals surface area contributed by atoms with Gasteiger partial charge in [-0.15, -0.1) is 0 Å². The predicted molar refractivity (Wildman–Crippen MR) is 111 cm³/mol. The van der Waals surface area contributed by atoms with Crippen LogP contribution < -0.4 is 9.62 Å². The molecule has 2 aromatic carbocycles. The monoisotopic (exact) mass is 408 g/mol. The van der Waals surface area contributed by atoms with Gasteiger partial charge in [-0.25, -0.2) is 8.42 Å². The summed E-state index contributed by atoms with van der Waals surface area (Å²) in [6.07, 6.45) is 1.43. The zero-order chi connectivity index (χ0) is 20.2. The van der Waals surface area contributed by atoms with Gasteiger partial charge in [0.05, 0.1) is 11.9 Å². The molecule has 0 aliphatic rings. The van der Waals surface area contributed by atoms with Gasteiger partial charge in [0.1, 0.15) is 6.04 Å². The number of anilines is 1. The van der Waals surface area contributed by atoms with Crippen molar-refractivity contribution in [3.05, 3.63) is 64.2 Å². The highest BCUT2D eigenvalue weighted by molar-refractivity contribution is 7.92. The Morgan fingerprint density at radius 3 is 2.33 bits per heavy atom. The highest BCUT2D eigenvalue weighted by Gasteiger charge is 2.32. The molecule has 1 N–H and O–H groups in total. The van der Waals surface area contributed by atoms with Gasteiger partial charge in [0.2, 0.25) is 15.9 Å². The third kappa shape index (κ3) is 5.47. The molecular weight excluding hydrogens is 384 g/mol. The van der Waals surface area contributed by atoms with E-state index in [4.69, 9.17) is 11.6 Å². The Morgan fingerprint density at radius 1 is 1.15 bits per heavy atom. The summed E-state index contributed by atoms with van der Waals surface area (Å²) < 4.78 is 26.2. The van der Waals surface area contributed by atoms with Crippen LogP contribution in [0.4, 0.5) is 5.69 Å². The van der Waals surface area contributed by atoms with Crippen molar-refractivity contribution in [2.24, 2.45) is 0 Å². The third-order valence-corrected chi connectivity index (χ3v) is 5.73. The third-order valence-electron chi connectivity index (χ3n) is 4.33. The average Bonchev–Trinajstić information content (AvgIpc) is 2.60. The molecule has 0 saturated heterocycles. The van der Waals surface area contributed by atoms with E-state index in [1.807, 2.05) is 31.2 Å². The van der Waals surface area contributed by atoms with E-state index in [0.29, 0.717) is 23.7 Å². The number of aryl methyl sites for hydroxylation is 2. The van der Waals surface area contributed by atoms with Crippen LogP contribution in [0.25, 0.3) is 0 Å². The van der Waals surface area contributed by atoms with E-state index in [2.05, 4.69) is 5.32 Å². The van der Waals surface area contributed by atoms with E-state index in [9.17, 15) is 13.2 Å². The number of nitrogens with zero attached hydrogens (tertiary/aromatic N) is 1. The fourth-order valence-corrected chi connectivity index (χ4v) is 4.30. The second-order valence-corrected chi connectivity index (χ2v) is 8.91. The maximum absolute atomic E-state index is 12.8. The summed E-state index contributed by atoms with van der Waals surface area (Å²) >= 11 is 6.07. The Labute approximate surface area is 166 Å². The smallest absolute Gasteiger partial charge is 0.244 e. The molecule has 0 spiro atoms. The Kier molecular flexibility index (Phi) is 6.89. The molecule has 0 radical (unpaired) electrons.